The fourth-order valence-electron chi connectivity index (χ4n) is 1.46. The van der Waals surface area contributed by atoms with Crippen molar-refractivity contribution in [2.24, 2.45) is 0 Å². The zero-order chi connectivity index (χ0) is 13.8. The van der Waals surface area contributed by atoms with E-state index in [2.05, 4.69) is 10.3 Å². The van der Waals surface area contributed by atoms with E-state index in [-0.39, 0.29) is 16.1 Å². The molecule has 3 nitrogen and oxygen atoms in total. The first-order valence-electron chi connectivity index (χ1n) is 5.40. The number of carbonyl (C=O) groups is 1. The summed E-state index contributed by atoms with van der Waals surface area (Å²) in [5, 5.41) is 3.76. The largest absolute Gasteiger partial charge is 0.348 e. The molecule has 0 aliphatic rings. The fraction of sp³-hybridized carbons (Fsp3) is 0.0769. The minimum atomic E-state index is -0.286. The summed E-state index contributed by atoms with van der Waals surface area (Å²) in [4.78, 5) is 15.7. The van der Waals surface area contributed by atoms with Crippen LogP contribution in [0.1, 0.15) is 15.9 Å². The summed E-state index contributed by atoms with van der Waals surface area (Å²) in [5.74, 6) is -0.286. The molecule has 0 radical (unpaired) electrons. The topological polar surface area (TPSA) is 42.0 Å². The number of pyridine rings is 1. The maximum Gasteiger partial charge on any atom is 0.253 e. The second kappa shape index (κ2) is 6.24. The summed E-state index contributed by atoms with van der Waals surface area (Å²) in [6.07, 6.45) is 1.37. The maximum absolute atomic E-state index is 11.9. The molecule has 0 saturated heterocycles. The smallest absolute Gasteiger partial charge is 0.253 e. The Balaban J connectivity index is 2.05. The average molecular weight is 316 g/mol. The van der Waals surface area contributed by atoms with E-state index < -0.39 is 0 Å². The van der Waals surface area contributed by atoms with Gasteiger partial charge in [0.15, 0.2) is 0 Å². The Hall–Kier alpha value is -1.29. The number of nitrogens with zero attached hydrogens (tertiary/aromatic N) is 1. The summed E-state index contributed by atoms with van der Waals surface area (Å²) < 4.78 is 0. The van der Waals surface area contributed by atoms with E-state index in [0.717, 1.165) is 5.56 Å². The van der Waals surface area contributed by atoms with Gasteiger partial charge >= 0.3 is 0 Å². The Morgan fingerprint density at radius 2 is 1.89 bits per heavy atom. The van der Waals surface area contributed by atoms with Gasteiger partial charge in [0.1, 0.15) is 5.15 Å². The van der Waals surface area contributed by atoms with Gasteiger partial charge in [-0.15, -0.1) is 0 Å². The van der Waals surface area contributed by atoms with E-state index in [1.165, 1.54) is 12.3 Å². The Kier molecular flexibility index (Phi) is 4.64. The van der Waals surface area contributed by atoms with Crippen molar-refractivity contribution in [3.63, 3.8) is 0 Å². The van der Waals surface area contributed by atoms with Crippen molar-refractivity contribution in [2.75, 3.05) is 0 Å². The molecule has 1 aromatic carbocycles. The first-order valence-corrected chi connectivity index (χ1v) is 6.54. The van der Waals surface area contributed by atoms with E-state index in [0.29, 0.717) is 17.1 Å². The zero-order valence-electron chi connectivity index (χ0n) is 9.66. The number of rotatable bonds is 3. The third kappa shape index (κ3) is 3.60. The van der Waals surface area contributed by atoms with E-state index in [1.807, 2.05) is 18.2 Å². The number of carbonyl (C=O) groups excluding carboxylic acids is 1. The fourth-order valence-corrected chi connectivity index (χ4v) is 1.94. The molecule has 0 unspecified atom stereocenters. The predicted octanol–water partition coefficient (Wildman–Crippen LogP) is 3.97. The average Bonchev–Trinajstić information content (AvgIpc) is 2.40. The number of hydrogen-bond acceptors (Lipinski definition) is 2. The Morgan fingerprint density at radius 1 is 1.16 bits per heavy atom. The van der Waals surface area contributed by atoms with Gasteiger partial charge in [0.25, 0.3) is 5.91 Å². The molecule has 0 spiro atoms. The molecule has 0 fully saturated rings. The van der Waals surface area contributed by atoms with Crippen molar-refractivity contribution in [2.45, 2.75) is 6.54 Å². The Labute approximate surface area is 125 Å². The third-order valence-corrected chi connectivity index (χ3v) is 3.51. The molecule has 2 aromatic rings. The highest BCUT2D eigenvalue weighted by Crippen LogP contribution is 2.20. The standard InChI is InChI=1S/C13H9Cl3N2O/c14-10-4-2-1-3-8(10)6-18-13(19)9-5-11(15)12(16)17-7-9/h1-5,7H,6H2,(H,18,19). The molecular weight excluding hydrogens is 307 g/mol. The molecule has 2 rings (SSSR count). The monoisotopic (exact) mass is 314 g/mol. The van der Waals surface area contributed by atoms with E-state index in [1.54, 1.807) is 6.07 Å². The van der Waals surface area contributed by atoms with Gasteiger partial charge in [-0.25, -0.2) is 4.98 Å². The van der Waals surface area contributed by atoms with Crippen LogP contribution in [0, 0.1) is 0 Å². The normalized spacial score (nSPS) is 10.3. The number of halogens is 3. The number of benzene rings is 1. The number of aromatic nitrogens is 1. The van der Waals surface area contributed by atoms with Crippen molar-refractivity contribution >= 4 is 40.7 Å². The molecule has 1 amide bonds. The van der Waals surface area contributed by atoms with Crippen LogP contribution in [-0.4, -0.2) is 10.9 Å². The van der Waals surface area contributed by atoms with Gasteiger partial charge in [0.05, 0.1) is 10.6 Å². The molecule has 0 atom stereocenters. The third-order valence-electron chi connectivity index (χ3n) is 2.46. The van der Waals surface area contributed by atoms with Crippen LogP contribution < -0.4 is 5.32 Å². The molecule has 0 saturated carbocycles. The van der Waals surface area contributed by atoms with Crippen molar-refractivity contribution < 1.29 is 4.79 Å². The van der Waals surface area contributed by atoms with Gasteiger partial charge in [-0.1, -0.05) is 53.0 Å². The second-order valence-corrected chi connectivity index (χ2v) is 4.94. The molecule has 0 aliphatic carbocycles. The maximum atomic E-state index is 11.9. The highest BCUT2D eigenvalue weighted by atomic mass is 35.5. The van der Waals surface area contributed by atoms with Crippen LogP contribution in [0.4, 0.5) is 0 Å². The van der Waals surface area contributed by atoms with E-state index in [4.69, 9.17) is 34.8 Å². The highest BCUT2D eigenvalue weighted by Gasteiger charge is 2.09. The number of amides is 1. The summed E-state index contributed by atoms with van der Waals surface area (Å²) in [7, 11) is 0. The van der Waals surface area contributed by atoms with Crippen LogP contribution in [0.5, 0.6) is 0 Å². The number of hydrogen-bond donors (Lipinski definition) is 1. The molecule has 98 valence electrons. The van der Waals surface area contributed by atoms with E-state index in [9.17, 15) is 4.79 Å². The van der Waals surface area contributed by atoms with Gasteiger partial charge in [0.2, 0.25) is 0 Å². The molecule has 6 heteroatoms. The van der Waals surface area contributed by atoms with Crippen molar-refractivity contribution in [3.8, 4) is 0 Å². The van der Waals surface area contributed by atoms with Crippen LogP contribution in [0.2, 0.25) is 15.2 Å². The van der Waals surface area contributed by atoms with Gasteiger partial charge in [0, 0.05) is 17.8 Å². The van der Waals surface area contributed by atoms with Crippen molar-refractivity contribution in [1.29, 1.82) is 0 Å². The highest BCUT2D eigenvalue weighted by molar-refractivity contribution is 6.41. The van der Waals surface area contributed by atoms with Gasteiger partial charge in [-0.3, -0.25) is 4.79 Å². The van der Waals surface area contributed by atoms with Crippen LogP contribution in [-0.2, 0) is 6.54 Å². The predicted molar refractivity (Wildman–Crippen MR) is 76.9 cm³/mol. The summed E-state index contributed by atoms with van der Waals surface area (Å²) in [6, 6.07) is 8.77. The first-order chi connectivity index (χ1) is 9.08. The Bertz CT molecular complexity index is 617. The van der Waals surface area contributed by atoms with Crippen LogP contribution in [0.15, 0.2) is 36.5 Å². The molecule has 1 heterocycles. The number of nitrogens with one attached hydrogen (secondary N) is 1. The second-order valence-electron chi connectivity index (χ2n) is 3.77. The van der Waals surface area contributed by atoms with Crippen LogP contribution in [0.25, 0.3) is 0 Å². The van der Waals surface area contributed by atoms with E-state index >= 15 is 0 Å². The molecule has 1 aromatic heterocycles. The first kappa shape index (κ1) is 14.1. The van der Waals surface area contributed by atoms with Crippen LogP contribution >= 0.6 is 34.8 Å². The van der Waals surface area contributed by atoms with Crippen molar-refractivity contribution in [3.05, 3.63) is 62.9 Å². The summed E-state index contributed by atoms with van der Waals surface area (Å²) in [5.41, 5.74) is 1.19. The zero-order valence-corrected chi connectivity index (χ0v) is 11.9. The van der Waals surface area contributed by atoms with Gasteiger partial charge in [-0.05, 0) is 17.7 Å². The van der Waals surface area contributed by atoms with Crippen molar-refractivity contribution in [1.82, 2.24) is 10.3 Å². The molecule has 1 N–H and O–H groups in total. The molecular formula is C13H9Cl3N2O. The molecule has 0 bridgehead atoms. The SMILES string of the molecule is O=C(NCc1ccccc1Cl)c1cnc(Cl)c(Cl)c1. The lowest BCUT2D eigenvalue weighted by molar-refractivity contribution is 0.0950. The minimum Gasteiger partial charge on any atom is -0.348 e. The molecule has 19 heavy (non-hydrogen) atoms. The molecule has 0 aliphatic heterocycles. The van der Waals surface area contributed by atoms with Gasteiger partial charge < -0.3 is 5.32 Å². The lowest BCUT2D eigenvalue weighted by Crippen LogP contribution is -2.23. The lowest BCUT2D eigenvalue weighted by Gasteiger charge is -2.07. The summed E-state index contributed by atoms with van der Waals surface area (Å²) in [6.45, 7) is 0.332. The quantitative estimate of drug-likeness (QED) is 0.871. The minimum absolute atomic E-state index is 0.171. The Morgan fingerprint density at radius 3 is 2.58 bits per heavy atom. The van der Waals surface area contributed by atoms with Crippen LogP contribution in [0.3, 0.4) is 0 Å². The summed E-state index contributed by atoms with van der Waals surface area (Å²) >= 11 is 17.5. The van der Waals surface area contributed by atoms with Gasteiger partial charge in [-0.2, -0.15) is 0 Å². The lowest BCUT2D eigenvalue weighted by atomic mass is 10.2.